The van der Waals surface area contributed by atoms with E-state index in [2.05, 4.69) is 23.5 Å². The van der Waals surface area contributed by atoms with Crippen LogP contribution in [0.2, 0.25) is 0 Å². The van der Waals surface area contributed by atoms with Crippen LogP contribution in [0.25, 0.3) is 0 Å². The third-order valence-corrected chi connectivity index (χ3v) is 3.99. The van der Waals surface area contributed by atoms with Crippen molar-refractivity contribution < 1.29 is 4.79 Å². The second-order valence-corrected chi connectivity index (χ2v) is 5.26. The highest BCUT2D eigenvalue weighted by atomic mass is 16.2. The van der Waals surface area contributed by atoms with Crippen LogP contribution in [-0.4, -0.2) is 37.0 Å². The highest BCUT2D eigenvalue weighted by molar-refractivity contribution is 5.79. The fourth-order valence-electron chi connectivity index (χ4n) is 2.94. The molecule has 96 valence electrons. The zero-order valence-electron chi connectivity index (χ0n) is 10.7. The maximum atomic E-state index is 12.2. The number of rotatable bonds is 2. The molecule has 18 heavy (non-hydrogen) atoms. The van der Waals surface area contributed by atoms with E-state index in [1.807, 2.05) is 4.90 Å². The summed E-state index contributed by atoms with van der Waals surface area (Å²) in [6.07, 6.45) is 4.23. The highest BCUT2D eigenvalue weighted by Crippen LogP contribution is 2.23. The fraction of sp³-hybridized carbons (Fsp3) is 0.533. The summed E-state index contributed by atoms with van der Waals surface area (Å²) in [4.78, 5) is 14.1. The van der Waals surface area contributed by atoms with Gasteiger partial charge in [-0.25, -0.2) is 0 Å². The van der Waals surface area contributed by atoms with E-state index in [0.717, 1.165) is 26.2 Å². The Morgan fingerprint density at radius 3 is 2.78 bits per heavy atom. The summed E-state index contributed by atoms with van der Waals surface area (Å²) in [6.45, 7) is 3.55. The van der Waals surface area contributed by atoms with E-state index < -0.39 is 0 Å². The Labute approximate surface area is 108 Å². The number of hydrogen-bond acceptors (Lipinski definition) is 2. The molecule has 1 N–H and O–H groups in total. The lowest BCUT2D eigenvalue weighted by Gasteiger charge is -2.27. The zero-order valence-corrected chi connectivity index (χ0v) is 10.7. The van der Waals surface area contributed by atoms with E-state index in [4.69, 9.17) is 0 Å². The number of amides is 1. The van der Waals surface area contributed by atoms with Gasteiger partial charge in [-0.05, 0) is 36.0 Å². The van der Waals surface area contributed by atoms with Gasteiger partial charge in [0.1, 0.15) is 0 Å². The summed E-state index contributed by atoms with van der Waals surface area (Å²) in [5.41, 5.74) is 4.12. The monoisotopic (exact) mass is 244 g/mol. The van der Waals surface area contributed by atoms with Gasteiger partial charge in [-0.3, -0.25) is 4.79 Å². The van der Waals surface area contributed by atoms with Gasteiger partial charge in [-0.2, -0.15) is 0 Å². The standard InChI is InChI=1S/C15H20N2O/c18-15(17-8-6-16-7-9-17)11-12-4-5-13-2-1-3-14(13)10-12/h4-5,10,16H,1-3,6-9,11H2. The van der Waals surface area contributed by atoms with E-state index in [1.165, 1.54) is 36.0 Å². The predicted molar refractivity (Wildman–Crippen MR) is 71.6 cm³/mol. The van der Waals surface area contributed by atoms with Crippen molar-refractivity contribution in [1.29, 1.82) is 0 Å². The first-order chi connectivity index (χ1) is 8.83. The molecule has 0 aromatic heterocycles. The molecule has 1 amide bonds. The first-order valence-corrected chi connectivity index (χ1v) is 6.92. The molecule has 0 unspecified atom stereocenters. The van der Waals surface area contributed by atoms with Gasteiger partial charge in [-0.1, -0.05) is 18.2 Å². The summed E-state index contributed by atoms with van der Waals surface area (Å²) >= 11 is 0. The number of carbonyl (C=O) groups is 1. The van der Waals surface area contributed by atoms with Crippen LogP contribution in [0.3, 0.4) is 0 Å². The molecule has 2 aliphatic rings. The van der Waals surface area contributed by atoms with Gasteiger partial charge in [-0.15, -0.1) is 0 Å². The Bertz CT molecular complexity index is 450. The number of hydrogen-bond donors (Lipinski definition) is 1. The van der Waals surface area contributed by atoms with Gasteiger partial charge in [0.25, 0.3) is 0 Å². The van der Waals surface area contributed by atoms with Crippen molar-refractivity contribution in [3.8, 4) is 0 Å². The number of nitrogens with zero attached hydrogens (tertiary/aromatic N) is 1. The number of nitrogens with one attached hydrogen (secondary N) is 1. The maximum Gasteiger partial charge on any atom is 0.227 e. The molecular weight excluding hydrogens is 224 g/mol. The van der Waals surface area contributed by atoms with Crippen LogP contribution >= 0.6 is 0 Å². The van der Waals surface area contributed by atoms with Crippen molar-refractivity contribution in [3.05, 3.63) is 34.9 Å². The Hall–Kier alpha value is -1.35. The van der Waals surface area contributed by atoms with Crippen LogP contribution in [0.15, 0.2) is 18.2 Å². The molecule has 3 nitrogen and oxygen atoms in total. The molecule has 1 heterocycles. The molecule has 3 rings (SSSR count). The first-order valence-electron chi connectivity index (χ1n) is 6.92. The summed E-state index contributed by atoms with van der Waals surface area (Å²) in [5, 5.41) is 3.27. The second-order valence-electron chi connectivity index (χ2n) is 5.26. The average molecular weight is 244 g/mol. The molecule has 1 fully saturated rings. The van der Waals surface area contributed by atoms with Crippen LogP contribution in [0.4, 0.5) is 0 Å². The molecule has 1 aliphatic carbocycles. The molecule has 0 radical (unpaired) electrons. The Kier molecular flexibility index (Phi) is 3.33. The van der Waals surface area contributed by atoms with Crippen molar-refractivity contribution in [2.45, 2.75) is 25.7 Å². The van der Waals surface area contributed by atoms with Gasteiger partial charge in [0.2, 0.25) is 5.91 Å². The van der Waals surface area contributed by atoms with Gasteiger partial charge >= 0.3 is 0 Å². The molecule has 0 bridgehead atoms. The predicted octanol–water partition coefficient (Wildman–Crippen LogP) is 1.15. The molecular formula is C15H20N2O. The van der Waals surface area contributed by atoms with Gasteiger partial charge in [0.05, 0.1) is 6.42 Å². The third-order valence-electron chi connectivity index (χ3n) is 3.99. The number of piperazine rings is 1. The largest absolute Gasteiger partial charge is 0.340 e. The smallest absolute Gasteiger partial charge is 0.227 e. The highest BCUT2D eigenvalue weighted by Gasteiger charge is 2.17. The second kappa shape index (κ2) is 5.11. The molecule has 1 aromatic rings. The maximum absolute atomic E-state index is 12.2. The molecule has 1 aromatic carbocycles. The molecule has 0 saturated carbocycles. The molecule has 1 aliphatic heterocycles. The Balaban J connectivity index is 1.66. The number of fused-ring (bicyclic) bond motifs is 1. The number of benzene rings is 1. The van der Waals surface area contributed by atoms with E-state index in [1.54, 1.807) is 0 Å². The van der Waals surface area contributed by atoms with E-state index in [9.17, 15) is 4.79 Å². The summed E-state index contributed by atoms with van der Waals surface area (Å²) in [7, 11) is 0. The lowest BCUT2D eigenvalue weighted by atomic mass is 10.0. The van der Waals surface area contributed by atoms with E-state index in [0.29, 0.717) is 6.42 Å². The van der Waals surface area contributed by atoms with Crippen molar-refractivity contribution in [2.24, 2.45) is 0 Å². The lowest BCUT2D eigenvalue weighted by Crippen LogP contribution is -2.46. The topological polar surface area (TPSA) is 32.3 Å². The SMILES string of the molecule is O=C(Cc1ccc2c(c1)CCC2)N1CCNCC1. The zero-order chi connectivity index (χ0) is 12.4. The number of aryl methyl sites for hydroxylation is 2. The quantitative estimate of drug-likeness (QED) is 0.846. The summed E-state index contributed by atoms with van der Waals surface area (Å²) in [5.74, 6) is 0.273. The molecule has 0 atom stereocenters. The van der Waals surface area contributed by atoms with Gasteiger partial charge in [0, 0.05) is 26.2 Å². The van der Waals surface area contributed by atoms with Crippen LogP contribution in [0.5, 0.6) is 0 Å². The number of carbonyl (C=O) groups excluding carboxylic acids is 1. The lowest BCUT2D eigenvalue weighted by molar-refractivity contribution is -0.131. The van der Waals surface area contributed by atoms with E-state index >= 15 is 0 Å². The van der Waals surface area contributed by atoms with Gasteiger partial charge in [0.15, 0.2) is 0 Å². The summed E-state index contributed by atoms with van der Waals surface area (Å²) in [6, 6.07) is 6.58. The minimum Gasteiger partial charge on any atom is -0.340 e. The van der Waals surface area contributed by atoms with Crippen LogP contribution in [-0.2, 0) is 24.1 Å². The van der Waals surface area contributed by atoms with Crippen molar-refractivity contribution in [1.82, 2.24) is 10.2 Å². The summed E-state index contributed by atoms with van der Waals surface area (Å²) < 4.78 is 0. The third kappa shape index (κ3) is 2.41. The minimum atomic E-state index is 0.273. The van der Waals surface area contributed by atoms with Crippen LogP contribution in [0.1, 0.15) is 23.1 Å². The van der Waals surface area contributed by atoms with Crippen molar-refractivity contribution >= 4 is 5.91 Å². The van der Waals surface area contributed by atoms with E-state index in [-0.39, 0.29) is 5.91 Å². The first kappa shape index (κ1) is 11.7. The minimum absolute atomic E-state index is 0.273. The Morgan fingerprint density at radius 2 is 1.94 bits per heavy atom. The van der Waals surface area contributed by atoms with Crippen LogP contribution < -0.4 is 5.32 Å². The average Bonchev–Trinajstić information content (AvgIpc) is 2.87. The fourth-order valence-corrected chi connectivity index (χ4v) is 2.94. The molecule has 3 heteroatoms. The van der Waals surface area contributed by atoms with Crippen molar-refractivity contribution in [3.63, 3.8) is 0 Å². The van der Waals surface area contributed by atoms with Gasteiger partial charge < -0.3 is 10.2 Å². The van der Waals surface area contributed by atoms with Crippen molar-refractivity contribution in [2.75, 3.05) is 26.2 Å². The Morgan fingerprint density at radius 1 is 1.17 bits per heavy atom. The molecule has 1 saturated heterocycles. The molecule has 0 spiro atoms. The normalized spacial score (nSPS) is 18.8. The van der Waals surface area contributed by atoms with Crippen LogP contribution in [0, 0.1) is 0 Å².